The lowest BCUT2D eigenvalue weighted by atomic mass is 10.3. The topological polar surface area (TPSA) is 41.9 Å². The first-order valence-corrected chi connectivity index (χ1v) is 7.44. The highest BCUT2D eigenvalue weighted by molar-refractivity contribution is 7.80. The average Bonchev–Trinajstić information content (AvgIpc) is 2.78. The predicted molar refractivity (Wildman–Crippen MR) is 87.2 cm³/mol. The molecule has 0 aliphatic carbocycles. The van der Waals surface area contributed by atoms with Crippen molar-refractivity contribution in [2.45, 2.75) is 19.9 Å². The number of halogens is 3. The maximum absolute atomic E-state index is 13.5. The fourth-order valence-electron chi connectivity index (χ4n) is 1.84. The summed E-state index contributed by atoms with van der Waals surface area (Å²) in [6.45, 7) is 3.18. The molecule has 1 aromatic heterocycles. The molecule has 0 aliphatic heterocycles. The molecule has 4 nitrogen and oxygen atoms in total. The van der Waals surface area contributed by atoms with Gasteiger partial charge in [0.1, 0.15) is 11.6 Å². The molecule has 0 amide bonds. The van der Waals surface area contributed by atoms with Gasteiger partial charge in [0.05, 0.1) is 22.6 Å². The highest BCUT2D eigenvalue weighted by Gasteiger charge is 2.06. The van der Waals surface area contributed by atoms with E-state index in [9.17, 15) is 8.78 Å². The summed E-state index contributed by atoms with van der Waals surface area (Å²) in [7, 11) is 0. The van der Waals surface area contributed by atoms with E-state index in [0.717, 1.165) is 24.2 Å². The first-order chi connectivity index (χ1) is 10.5. The molecule has 22 heavy (non-hydrogen) atoms. The summed E-state index contributed by atoms with van der Waals surface area (Å²) >= 11 is 11.0. The van der Waals surface area contributed by atoms with E-state index in [1.165, 1.54) is 6.07 Å². The standard InChI is InChI=1S/C14H15ClF2N4S/c1-9-11(15)8-19-21(9)6-2-5-18-14(22)20-13-4-3-10(16)7-12(13)17/h3-4,7-8H,2,5-6H2,1H3,(H2,18,20,22). The molecule has 0 atom stereocenters. The first-order valence-electron chi connectivity index (χ1n) is 6.65. The summed E-state index contributed by atoms with van der Waals surface area (Å²) in [5.74, 6) is -1.32. The monoisotopic (exact) mass is 344 g/mol. The number of aromatic nitrogens is 2. The summed E-state index contributed by atoms with van der Waals surface area (Å²) in [4.78, 5) is 0. The van der Waals surface area contributed by atoms with Crippen molar-refractivity contribution < 1.29 is 8.78 Å². The van der Waals surface area contributed by atoms with Crippen molar-refractivity contribution >= 4 is 34.6 Å². The van der Waals surface area contributed by atoms with Gasteiger partial charge in [0.15, 0.2) is 5.11 Å². The number of rotatable bonds is 5. The van der Waals surface area contributed by atoms with Gasteiger partial charge in [0, 0.05) is 19.2 Å². The van der Waals surface area contributed by atoms with Gasteiger partial charge in [-0.15, -0.1) is 0 Å². The van der Waals surface area contributed by atoms with Gasteiger partial charge in [0.25, 0.3) is 0 Å². The number of hydrogen-bond donors (Lipinski definition) is 2. The highest BCUT2D eigenvalue weighted by atomic mass is 35.5. The van der Waals surface area contributed by atoms with Crippen LogP contribution in [0.3, 0.4) is 0 Å². The largest absolute Gasteiger partial charge is 0.362 e. The van der Waals surface area contributed by atoms with E-state index in [2.05, 4.69) is 15.7 Å². The second-order valence-corrected chi connectivity index (χ2v) is 5.48. The van der Waals surface area contributed by atoms with Gasteiger partial charge in [-0.05, 0) is 37.7 Å². The zero-order valence-electron chi connectivity index (χ0n) is 11.9. The lowest BCUT2D eigenvalue weighted by molar-refractivity contribution is 0.561. The number of nitrogens with one attached hydrogen (secondary N) is 2. The Hall–Kier alpha value is -1.73. The summed E-state index contributed by atoms with van der Waals surface area (Å²) < 4.78 is 28.1. The predicted octanol–water partition coefficient (Wildman–Crippen LogP) is 3.50. The Morgan fingerprint density at radius 3 is 2.82 bits per heavy atom. The van der Waals surface area contributed by atoms with E-state index in [1.807, 2.05) is 6.92 Å². The molecule has 8 heteroatoms. The number of hydrogen-bond acceptors (Lipinski definition) is 2. The lowest BCUT2D eigenvalue weighted by Gasteiger charge is -2.11. The number of thiocarbonyl (C=S) groups is 1. The molecule has 0 saturated carbocycles. The third-order valence-corrected chi connectivity index (χ3v) is 3.67. The van der Waals surface area contributed by atoms with Crippen molar-refractivity contribution in [2.75, 3.05) is 11.9 Å². The minimum Gasteiger partial charge on any atom is -0.362 e. The van der Waals surface area contributed by atoms with Crippen LogP contribution in [0, 0.1) is 18.6 Å². The molecule has 0 fully saturated rings. The Kier molecular flexibility index (Phi) is 5.68. The maximum atomic E-state index is 13.5. The first kappa shape index (κ1) is 16.6. The van der Waals surface area contributed by atoms with Crippen LogP contribution < -0.4 is 10.6 Å². The number of nitrogens with zero attached hydrogens (tertiary/aromatic N) is 2. The summed E-state index contributed by atoms with van der Waals surface area (Å²) in [6.07, 6.45) is 2.38. The number of aryl methyl sites for hydroxylation is 1. The Morgan fingerprint density at radius 2 is 2.18 bits per heavy atom. The molecule has 1 aromatic carbocycles. The third-order valence-electron chi connectivity index (χ3n) is 3.05. The van der Waals surface area contributed by atoms with Crippen LogP contribution in [0.15, 0.2) is 24.4 Å². The minimum atomic E-state index is -0.689. The zero-order valence-corrected chi connectivity index (χ0v) is 13.4. The van der Waals surface area contributed by atoms with E-state index in [1.54, 1.807) is 10.9 Å². The van der Waals surface area contributed by atoms with Gasteiger partial charge in [0.2, 0.25) is 0 Å². The van der Waals surface area contributed by atoms with Gasteiger partial charge in [-0.25, -0.2) is 8.78 Å². The summed E-state index contributed by atoms with van der Waals surface area (Å²) in [5, 5.41) is 10.7. The van der Waals surface area contributed by atoms with Crippen LogP contribution in [0.1, 0.15) is 12.1 Å². The molecule has 0 spiro atoms. The van der Waals surface area contributed by atoms with Crippen LogP contribution in [-0.2, 0) is 6.54 Å². The maximum Gasteiger partial charge on any atom is 0.170 e. The Balaban J connectivity index is 1.75. The molecular formula is C14H15ClF2N4S. The molecule has 1 heterocycles. The lowest BCUT2D eigenvalue weighted by Crippen LogP contribution is -2.30. The van der Waals surface area contributed by atoms with Crippen LogP contribution in [0.4, 0.5) is 14.5 Å². The van der Waals surface area contributed by atoms with E-state index in [4.69, 9.17) is 23.8 Å². The van der Waals surface area contributed by atoms with Crippen molar-refractivity contribution in [3.8, 4) is 0 Å². The van der Waals surface area contributed by atoms with E-state index in [-0.39, 0.29) is 10.8 Å². The highest BCUT2D eigenvalue weighted by Crippen LogP contribution is 2.15. The second-order valence-electron chi connectivity index (χ2n) is 4.66. The molecule has 2 rings (SSSR count). The van der Waals surface area contributed by atoms with Crippen molar-refractivity contribution in [3.05, 3.63) is 46.7 Å². The van der Waals surface area contributed by atoms with Crippen LogP contribution in [-0.4, -0.2) is 21.4 Å². The molecule has 0 aliphatic rings. The molecule has 0 bridgehead atoms. The zero-order chi connectivity index (χ0) is 16.1. The molecule has 2 N–H and O–H groups in total. The minimum absolute atomic E-state index is 0.133. The smallest absolute Gasteiger partial charge is 0.170 e. The summed E-state index contributed by atoms with van der Waals surface area (Å²) in [5.41, 5.74) is 1.05. The van der Waals surface area contributed by atoms with Crippen LogP contribution >= 0.6 is 23.8 Å². The Bertz CT molecular complexity index is 675. The third kappa shape index (κ3) is 4.38. The van der Waals surface area contributed by atoms with Crippen molar-refractivity contribution in [3.63, 3.8) is 0 Å². The number of anilines is 1. The molecular weight excluding hydrogens is 330 g/mol. The SMILES string of the molecule is Cc1c(Cl)cnn1CCCNC(=S)Nc1ccc(F)cc1F. The van der Waals surface area contributed by atoms with E-state index in [0.29, 0.717) is 18.1 Å². The van der Waals surface area contributed by atoms with Gasteiger partial charge >= 0.3 is 0 Å². The normalized spacial score (nSPS) is 10.5. The molecule has 0 saturated heterocycles. The van der Waals surface area contributed by atoms with Gasteiger partial charge in [-0.3, -0.25) is 4.68 Å². The molecule has 0 radical (unpaired) electrons. The van der Waals surface area contributed by atoms with Crippen molar-refractivity contribution in [2.24, 2.45) is 0 Å². The molecule has 0 unspecified atom stereocenters. The Labute approximate surface area is 137 Å². The van der Waals surface area contributed by atoms with Crippen LogP contribution in [0.5, 0.6) is 0 Å². The van der Waals surface area contributed by atoms with Crippen LogP contribution in [0.2, 0.25) is 5.02 Å². The van der Waals surface area contributed by atoms with Gasteiger partial charge < -0.3 is 10.6 Å². The Morgan fingerprint density at radius 1 is 1.41 bits per heavy atom. The average molecular weight is 345 g/mol. The van der Waals surface area contributed by atoms with E-state index < -0.39 is 11.6 Å². The number of benzene rings is 1. The molecule has 2 aromatic rings. The second kappa shape index (κ2) is 7.51. The van der Waals surface area contributed by atoms with Crippen molar-refractivity contribution in [1.82, 2.24) is 15.1 Å². The summed E-state index contributed by atoms with van der Waals surface area (Å²) in [6, 6.07) is 3.27. The van der Waals surface area contributed by atoms with E-state index >= 15 is 0 Å². The molecule has 118 valence electrons. The van der Waals surface area contributed by atoms with Crippen LogP contribution in [0.25, 0.3) is 0 Å². The quantitative estimate of drug-likeness (QED) is 0.643. The fraction of sp³-hybridized carbons (Fsp3) is 0.286. The van der Waals surface area contributed by atoms with Gasteiger partial charge in [-0.2, -0.15) is 5.10 Å². The fourth-order valence-corrected chi connectivity index (χ4v) is 2.19. The van der Waals surface area contributed by atoms with Gasteiger partial charge in [-0.1, -0.05) is 11.6 Å². The van der Waals surface area contributed by atoms with Crippen molar-refractivity contribution in [1.29, 1.82) is 0 Å².